The van der Waals surface area contributed by atoms with Gasteiger partial charge in [-0.1, -0.05) is 47.8 Å². The van der Waals surface area contributed by atoms with Gasteiger partial charge >= 0.3 is 5.69 Å². The normalized spacial score (nSPS) is 19.2. The number of aromatic nitrogens is 2. The van der Waals surface area contributed by atoms with Crippen molar-refractivity contribution in [3.05, 3.63) is 44.9 Å². The molecule has 1 aromatic carbocycles. The van der Waals surface area contributed by atoms with E-state index in [4.69, 9.17) is 0 Å². The molecule has 2 aromatic rings. The second-order valence-electron chi connectivity index (χ2n) is 7.58. The van der Waals surface area contributed by atoms with Crippen molar-refractivity contribution >= 4 is 33.4 Å². The fourth-order valence-corrected chi connectivity index (χ4v) is 3.93. The monoisotopic (exact) mass is 448 g/mol. The van der Waals surface area contributed by atoms with Crippen molar-refractivity contribution < 1.29 is 10.1 Å². The predicted octanol–water partition coefficient (Wildman–Crippen LogP) is 5.20. The van der Waals surface area contributed by atoms with E-state index in [1.165, 1.54) is 31.9 Å². The summed E-state index contributed by atoms with van der Waals surface area (Å²) < 4.78 is 1.05. The van der Waals surface area contributed by atoms with Gasteiger partial charge in [0, 0.05) is 17.6 Å². The molecular weight excluding hydrogens is 422 g/mol. The van der Waals surface area contributed by atoms with E-state index in [1.54, 1.807) is 0 Å². The van der Waals surface area contributed by atoms with Crippen molar-refractivity contribution in [3.8, 4) is 0 Å². The maximum absolute atomic E-state index is 11.5. The summed E-state index contributed by atoms with van der Waals surface area (Å²) in [6.07, 6.45) is 6.14. The van der Waals surface area contributed by atoms with Crippen LogP contribution in [-0.4, -0.2) is 26.6 Å². The summed E-state index contributed by atoms with van der Waals surface area (Å²) in [5.74, 6) is 2.10. The minimum absolute atomic E-state index is 0.0216. The predicted molar refractivity (Wildman–Crippen MR) is 113 cm³/mol. The minimum atomic E-state index is -0.187. The van der Waals surface area contributed by atoms with E-state index in [0.29, 0.717) is 24.2 Å². The molecule has 1 fully saturated rings. The Morgan fingerprint density at radius 1 is 1.25 bits per heavy atom. The Kier molecular flexibility index (Phi) is 6.83. The van der Waals surface area contributed by atoms with Gasteiger partial charge in [0.15, 0.2) is 0 Å². The second-order valence-corrected chi connectivity index (χ2v) is 8.44. The van der Waals surface area contributed by atoms with Crippen LogP contribution in [0, 0.1) is 23.7 Å². The molecule has 0 spiro atoms. The third-order valence-corrected chi connectivity index (χ3v) is 6.35. The molecule has 1 aliphatic carbocycles. The summed E-state index contributed by atoms with van der Waals surface area (Å²) in [6, 6.07) is 6.02. The maximum atomic E-state index is 11.5. The van der Waals surface area contributed by atoms with Gasteiger partial charge in [0.2, 0.25) is 11.8 Å². The first-order valence-electron chi connectivity index (χ1n) is 9.69. The first-order chi connectivity index (χ1) is 13.4. The zero-order valence-electron chi connectivity index (χ0n) is 16.3. The van der Waals surface area contributed by atoms with Gasteiger partial charge < -0.3 is 10.6 Å². The molecule has 1 aromatic heterocycles. The van der Waals surface area contributed by atoms with Gasteiger partial charge in [0.1, 0.15) is 6.20 Å². The van der Waals surface area contributed by atoms with Gasteiger partial charge in [-0.3, -0.25) is 0 Å². The van der Waals surface area contributed by atoms with Gasteiger partial charge in [-0.15, -0.1) is 0 Å². The molecule has 0 aliphatic heterocycles. The molecule has 0 bridgehead atoms. The van der Waals surface area contributed by atoms with Crippen molar-refractivity contribution in [1.29, 1.82) is 0 Å². The van der Waals surface area contributed by atoms with E-state index in [9.17, 15) is 10.1 Å². The van der Waals surface area contributed by atoms with E-state index in [1.807, 2.05) is 25.1 Å². The lowest BCUT2D eigenvalue weighted by Gasteiger charge is -2.26. The molecule has 28 heavy (non-hydrogen) atoms. The highest BCUT2D eigenvalue weighted by Gasteiger charge is 2.24. The molecule has 3 N–H and O–H groups in total. The van der Waals surface area contributed by atoms with Crippen LogP contribution in [0.25, 0.3) is 0 Å². The molecule has 0 unspecified atom stereocenters. The summed E-state index contributed by atoms with van der Waals surface area (Å²) >= 11 is 3.53. The number of nitrogens with zero attached hydrogens (tertiary/aromatic N) is 3. The van der Waals surface area contributed by atoms with Crippen LogP contribution in [-0.2, 0) is 6.54 Å². The number of benzene rings is 1. The Balaban J connectivity index is 1.68. The number of hydrogen-bond acceptors (Lipinski definition) is 5. The third-order valence-electron chi connectivity index (χ3n) is 5.49. The fourth-order valence-electron chi connectivity index (χ4n) is 3.52. The van der Waals surface area contributed by atoms with Crippen molar-refractivity contribution in [2.45, 2.75) is 46.1 Å². The molecule has 1 saturated carbocycles. The van der Waals surface area contributed by atoms with E-state index in [2.05, 4.69) is 43.5 Å². The highest BCUT2D eigenvalue weighted by molar-refractivity contribution is 9.10. The molecule has 1 heterocycles. The van der Waals surface area contributed by atoms with E-state index in [0.717, 1.165) is 28.1 Å². The Labute approximate surface area is 173 Å². The lowest BCUT2D eigenvalue weighted by atomic mass is 9.83. The molecular formula is C20H27BrN5O2+. The number of hydrogen-bond donors (Lipinski definition) is 3. The largest absolute Gasteiger partial charge is 0.376 e. The van der Waals surface area contributed by atoms with Crippen LogP contribution in [0.2, 0.25) is 0 Å². The number of rotatable bonds is 7. The van der Waals surface area contributed by atoms with Crippen LogP contribution in [0.1, 0.15) is 43.7 Å². The SMILES string of the molecule is Cc1c(Br)cccc1CNc1ncc([N+](=O)O)c(NC[C@H]2CC[C@H](C)CC2)n1. The van der Waals surface area contributed by atoms with Gasteiger partial charge in [-0.05, 0) is 48.8 Å². The average molecular weight is 449 g/mol. The van der Waals surface area contributed by atoms with Gasteiger partial charge in [-0.25, -0.2) is 10.2 Å². The first-order valence-corrected chi connectivity index (χ1v) is 10.5. The van der Waals surface area contributed by atoms with Gasteiger partial charge in [-0.2, -0.15) is 4.98 Å². The van der Waals surface area contributed by atoms with Crippen LogP contribution in [0.4, 0.5) is 17.5 Å². The highest BCUT2D eigenvalue weighted by Crippen LogP contribution is 2.29. The molecule has 0 saturated heterocycles. The summed E-state index contributed by atoms with van der Waals surface area (Å²) in [7, 11) is 0. The van der Waals surface area contributed by atoms with Crippen LogP contribution in [0.3, 0.4) is 0 Å². The van der Waals surface area contributed by atoms with E-state index >= 15 is 0 Å². The average Bonchev–Trinajstić information content (AvgIpc) is 2.68. The van der Waals surface area contributed by atoms with Crippen molar-refractivity contribution in [3.63, 3.8) is 0 Å². The van der Waals surface area contributed by atoms with Crippen molar-refractivity contribution in [2.24, 2.45) is 11.8 Å². The van der Waals surface area contributed by atoms with Crippen LogP contribution in [0.15, 0.2) is 28.9 Å². The topological polar surface area (TPSA) is 90.2 Å². The second kappa shape index (κ2) is 9.32. The van der Waals surface area contributed by atoms with Crippen LogP contribution < -0.4 is 10.6 Å². The number of halogens is 1. The highest BCUT2D eigenvalue weighted by atomic mass is 79.9. The molecule has 0 atom stereocenters. The maximum Gasteiger partial charge on any atom is 0.376 e. The van der Waals surface area contributed by atoms with Gasteiger partial charge in [0.05, 0.1) is 4.91 Å². The number of anilines is 2. The minimum Gasteiger partial charge on any atom is -0.364 e. The lowest BCUT2D eigenvalue weighted by Crippen LogP contribution is -2.21. The van der Waals surface area contributed by atoms with Crippen LogP contribution in [0.5, 0.6) is 0 Å². The molecule has 1 aliphatic rings. The molecule has 3 rings (SSSR count). The van der Waals surface area contributed by atoms with Crippen molar-refractivity contribution in [1.82, 2.24) is 9.97 Å². The Morgan fingerprint density at radius 2 is 2.00 bits per heavy atom. The Morgan fingerprint density at radius 3 is 2.71 bits per heavy atom. The standard InChI is InChI=1S/C20H27BrN5O2/c1-13-6-8-15(9-7-13)10-22-19-18(26(27)28)12-24-20(25-19)23-11-16-4-3-5-17(21)14(16)2/h3-5,12-13,15H,6-11H2,1-2H3,(H,27,28)(H2,22,23,24,25)/q+1/t13-,15-. The van der Waals surface area contributed by atoms with E-state index < -0.39 is 0 Å². The summed E-state index contributed by atoms with van der Waals surface area (Å²) in [6.45, 7) is 5.63. The van der Waals surface area contributed by atoms with E-state index in [-0.39, 0.29) is 10.6 Å². The lowest BCUT2D eigenvalue weighted by molar-refractivity contribution is -0.729. The fraction of sp³-hybridized carbons (Fsp3) is 0.500. The van der Waals surface area contributed by atoms with Crippen molar-refractivity contribution in [2.75, 3.05) is 17.2 Å². The first kappa shape index (κ1) is 20.5. The zero-order valence-corrected chi connectivity index (χ0v) is 17.9. The molecule has 0 amide bonds. The summed E-state index contributed by atoms with van der Waals surface area (Å²) in [5, 5.41) is 15.8. The Bertz CT molecular complexity index is 837. The van der Waals surface area contributed by atoms with Gasteiger partial charge in [0.25, 0.3) is 4.92 Å². The molecule has 0 radical (unpaired) electrons. The summed E-state index contributed by atoms with van der Waals surface area (Å²) in [5.41, 5.74) is 2.30. The Hall–Kier alpha value is -2.22. The van der Waals surface area contributed by atoms with Crippen LogP contribution >= 0.6 is 15.9 Å². The smallest absolute Gasteiger partial charge is 0.364 e. The molecule has 150 valence electrons. The molecule has 8 heteroatoms. The number of nitrogens with one attached hydrogen (secondary N) is 2. The zero-order chi connectivity index (χ0) is 20.1. The quantitative estimate of drug-likeness (QED) is 0.504. The summed E-state index contributed by atoms with van der Waals surface area (Å²) in [4.78, 5) is 19.8. The third kappa shape index (κ3) is 5.19. The molecule has 7 nitrogen and oxygen atoms in total.